The van der Waals surface area contributed by atoms with Gasteiger partial charge in [0.2, 0.25) is 0 Å². The Hall–Kier alpha value is -3.87. The highest BCUT2D eigenvalue weighted by Crippen LogP contribution is 2.32. The molecule has 0 aromatic heterocycles. The summed E-state index contributed by atoms with van der Waals surface area (Å²) in [7, 11) is 1.29. The fourth-order valence-electron chi connectivity index (χ4n) is 2.88. The topological polar surface area (TPSA) is 55.4 Å². The van der Waals surface area contributed by atoms with Crippen molar-refractivity contribution in [1.82, 2.24) is 0 Å². The molecule has 0 atom stereocenters. The third-order valence-corrected chi connectivity index (χ3v) is 4.48. The number of hydrogen-bond donors (Lipinski definition) is 1. The molecule has 3 aromatic carbocycles. The zero-order valence-corrected chi connectivity index (χ0v) is 16.4. The van der Waals surface area contributed by atoms with Crippen molar-refractivity contribution in [3.8, 4) is 11.1 Å². The lowest BCUT2D eigenvalue weighted by atomic mass is 9.98. The molecule has 0 aliphatic heterocycles. The monoisotopic (exact) mass is 425 g/mol. The second-order valence-electron chi connectivity index (χ2n) is 6.55. The van der Waals surface area contributed by atoms with Crippen LogP contribution < -0.4 is 5.32 Å². The first-order chi connectivity index (χ1) is 14.8. The Kier molecular flexibility index (Phi) is 6.55. The lowest BCUT2D eigenvalue weighted by molar-refractivity contribution is -0.137. The number of halogens is 3. The molecule has 0 aliphatic rings. The van der Waals surface area contributed by atoms with E-state index in [1.807, 2.05) is 0 Å². The van der Waals surface area contributed by atoms with Gasteiger partial charge in [-0.3, -0.25) is 4.79 Å². The van der Waals surface area contributed by atoms with Crippen molar-refractivity contribution in [1.29, 1.82) is 0 Å². The van der Waals surface area contributed by atoms with Crippen LogP contribution in [-0.2, 0) is 15.7 Å². The van der Waals surface area contributed by atoms with E-state index in [-0.39, 0.29) is 0 Å². The molecular formula is C24H18F3NO3. The maximum atomic E-state index is 12.8. The van der Waals surface area contributed by atoms with E-state index in [9.17, 15) is 22.8 Å². The van der Waals surface area contributed by atoms with Crippen molar-refractivity contribution in [3.63, 3.8) is 0 Å². The van der Waals surface area contributed by atoms with Gasteiger partial charge in [-0.15, -0.1) is 0 Å². The molecule has 0 saturated carbocycles. The van der Waals surface area contributed by atoms with Crippen LogP contribution in [0, 0.1) is 0 Å². The lowest BCUT2D eigenvalue weighted by Gasteiger charge is -2.12. The molecule has 158 valence electrons. The van der Waals surface area contributed by atoms with Gasteiger partial charge in [-0.2, -0.15) is 13.2 Å². The summed E-state index contributed by atoms with van der Waals surface area (Å²) in [6.07, 6.45) is -1.56. The highest BCUT2D eigenvalue weighted by molar-refractivity contribution is 6.08. The van der Waals surface area contributed by atoms with Crippen LogP contribution in [0.15, 0.2) is 78.9 Å². The van der Waals surface area contributed by atoms with Crippen LogP contribution in [0.5, 0.6) is 0 Å². The van der Waals surface area contributed by atoms with Gasteiger partial charge in [0.25, 0.3) is 5.91 Å². The van der Waals surface area contributed by atoms with Crippen molar-refractivity contribution in [2.75, 3.05) is 12.4 Å². The summed E-state index contributed by atoms with van der Waals surface area (Å²) >= 11 is 0. The quantitative estimate of drug-likeness (QED) is 0.415. The number of anilines is 1. The molecule has 0 fully saturated rings. The number of amides is 1. The van der Waals surface area contributed by atoms with Crippen LogP contribution in [0.1, 0.15) is 21.5 Å². The summed E-state index contributed by atoms with van der Waals surface area (Å²) in [4.78, 5) is 24.0. The molecule has 0 heterocycles. The molecule has 31 heavy (non-hydrogen) atoms. The molecule has 4 nitrogen and oxygen atoms in total. The number of ether oxygens (including phenoxy) is 1. The fraction of sp³-hybridized carbons (Fsp3) is 0.0833. The third kappa shape index (κ3) is 5.60. The normalized spacial score (nSPS) is 11.4. The molecule has 3 aromatic rings. The minimum atomic E-state index is -4.42. The molecular weight excluding hydrogens is 407 g/mol. The number of esters is 1. The van der Waals surface area contributed by atoms with Gasteiger partial charge in [0.05, 0.1) is 12.7 Å². The Balaban J connectivity index is 1.79. The minimum absolute atomic E-state index is 0.330. The number of benzene rings is 3. The van der Waals surface area contributed by atoms with Gasteiger partial charge in [0.15, 0.2) is 0 Å². The predicted octanol–water partition coefficient (Wildman–Crippen LogP) is 5.81. The Morgan fingerprint density at radius 3 is 2.16 bits per heavy atom. The third-order valence-electron chi connectivity index (χ3n) is 4.48. The summed E-state index contributed by atoms with van der Waals surface area (Å²) in [6, 6.07) is 18.1. The van der Waals surface area contributed by atoms with Crippen LogP contribution in [0.4, 0.5) is 18.9 Å². The van der Waals surface area contributed by atoms with Gasteiger partial charge in [-0.25, -0.2) is 4.79 Å². The molecule has 0 spiro atoms. The number of nitrogens with one attached hydrogen (secondary N) is 1. The van der Waals surface area contributed by atoms with Gasteiger partial charge < -0.3 is 10.1 Å². The average Bonchev–Trinajstić information content (AvgIpc) is 2.78. The van der Waals surface area contributed by atoms with E-state index in [0.29, 0.717) is 22.4 Å². The van der Waals surface area contributed by atoms with Gasteiger partial charge >= 0.3 is 12.1 Å². The molecule has 0 radical (unpaired) electrons. The first-order valence-electron chi connectivity index (χ1n) is 9.22. The zero-order chi connectivity index (χ0) is 22.4. The van der Waals surface area contributed by atoms with Gasteiger partial charge in [-0.05, 0) is 53.1 Å². The Morgan fingerprint density at radius 1 is 0.903 bits per heavy atom. The van der Waals surface area contributed by atoms with Crippen LogP contribution in [0.25, 0.3) is 17.2 Å². The van der Waals surface area contributed by atoms with Crippen LogP contribution in [0.3, 0.4) is 0 Å². The van der Waals surface area contributed by atoms with E-state index in [1.165, 1.54) is 25.3 Å². The molecule has 0 saturated heterocycles. The molecule has 0 unspecified atom stereocenters. The summed E-state index contributed by atoms with van der Waals surface area (Å²) in [5, 5.41) is 2.77. The smallest absolute Gasteiger partial charge is 0.416 e. The van der Waals surface area contributed by atoms with Crippen molar-refractivity contribution < 1.29 is 27.5 Å². The first-order valence-corrected chi connectivity index (χ1v) is 9.22. The SMILES string of the molecule is COC(=O)C=Cc1ccc(NC(=O)c2ccccc2-c2ccc(C(F)(F)F)cc2)cc1. The molecule has 3 rings (SSSR count). The highest BCUT2D eigenvalue weighted by Gasteiger charge is 2.30. The van der Waals surface area contributed by atoms with Crippen LogP contribution in [-0.4, -0.2) is 19.0 Å². The largest absolute Gasteiger partial charge is 0.466 e. The van der Waals surface area contributed by atoms with E-state index in [0.717, 1.165) is 17.7 Å². The van der Waals surface area contributed by atoms with E-state index < -0.39 is 23.6 Å². The van der Waals surface area contributed by atoms with E-state index in [4.69, 9.17) is 0 Å². The van der Waals surface area contributed by atoms with Gasteiger partial charge in [0, 0.05) is 17.3 Å². The highest BCUT2D eigenvalue weighted by atomic mass is 19.4. The average molecular weight is 425 g/mol. The summed E-state index contributed by atoms with van der Waals surface area (Å²) < 4.78 is 43.0. The van der Waals surface area contributed by atoms with Crippen molar-refractivity contribution in [2.24, 2.45) is 0 Å². The van der Waals surface area contributed by atoms with E-state index >= 15 is 0 Å². The minimum Gasteiger partial charge on any atom is -0.466 e. The molecule has 0 bridgehead atoms. The van der Waals surface area contributed by atoms with Crippen molar-refractivity contribution in [2.45, 2.75) is 6.18 Å². The second kappa shape index (κ2) is 9.30. The fourth-order valence-corrected chi connectivity index (χ4v) is 2.88. The number of carbonyl (C=O) groups excluding carboxylic acids is 2. The second-order valence-corrected chi connectivity index (χ2v) is 6.55. The summed E-state index contributed by atoms with van der Waals surface area (Å²) in [6.45, 7) is 0. The number of methoxy groups -OCH3 is 1. The Bertz CT molecular complexity index is 1100. The van der Waals surface area contributed by atoms with Crippen molar-refractivity contribution in [3.05, 3.63) is 95.6 Å². The molecule has 1 amide bonds. The lowest BCUT2D eigenvalue weighted by Crippen LogP contribution is -2.13. The number of carbonyl (C=O) groups is 2. The van der Waals surface area contributed by atoms with Crippen LogP contribution in [0.2, 0.25) is 0 Å². The predicted molar refractivity (Wildman–Crippen MR) is 112 cm³/mol. The summed E-state index contributed by atoms with van der Waals surface area (Å²) in [5.41, 5.74) is 1.88. The molecule has 1 N–H and O–H groups in total. The van der Waals surface area contributed by atoms with Crippen LogP contribution >= 0.6 is 0 Å². The summed E-state index contributed by atoms with van der Waals surface area (Å²) in [5.74, 6) is -0.870. The number of hydrogen-bond acceptors (Lipinski definition) is 3. The maximum Gasteiger partial charge on any atom is 0.416 e. The molecule has 0 aliphatic carbocycles. The Labute approximate surface area is 177 Å². The van der Waals surface area contributed by atoms with Crippen molar-refractivity contribution >= 4 is 23.6 Å². The zero-order valence-electron chi connectivity index (χ0n) is 16.4. The Morgan fingerprint density at radius 2 is 1.55 bits per heavy atom. The number of rotatable bonds is 5. The maximum absolute atomic E-state index is 12.8. The van der Waals surface area contributed by atoms with E-state index in [2.05, 4.69) is 10.1 Å². The molecule has 7 heteroatoms. The van der Waals surface area contributed by atoms with E-state index in [1.54, 1.807) is 54.6 Å². The number of alkyl halides is 3. The standard InChI is InChI=1S/C24H18F3NO3/c1-31-22(29)15-8-16-6-13-19(14-7-16)28-23(30)21-5-3-2-4-20(21)17-9-11-18(12-10-17)24(25,26)27/h2-15H,1H3,(H,28,30). The first kappa shape index (κ1) is 21.8. The van der Waals surface area contributed by atoms with Gasteiger partial charge in [0.1, 0.15) is 0 Å². The van der Waals surface area contributed by atoms with Gasteiger partial charge in [-0.1, -0.05) is 42.5 Å².